The molecule has 7 nitrogen and oxygen atoms in total. The number of aryl methyl sites for hydroxylation is 1. The number of amides is 2. The molecule has 0 aliphatic rings. The Morgan fingerprint density at radius 2 is 1.64 bits per heavy atom. The second kappa shape index (κ2) is 13.8. The lowest BCUT2D eigenvalue weighted by Crippen LogP contribution is -2.49. The van der Waals surface area contributed by atoms with E-state index in [-0.39, 0.29) is 48.5 Å². The van der Waals surface area contributed by atoms with Crippen LogP contribution in [0.1, 0.15) is 29.5 Å². The fourth-order valence-corrected chi connectivity index (χ4v) is 5.79. The van der Waals surface area contributed by atoms with Crippen LogP contribution in [0.5, 0.6) is 0 Å². The maximum Gasteiger partial charge on any atom is 0.242 e. The van der Waals surface area contributed by atoms with Crippen molar-refractivity contribution in [3.8, 4) is 0 Å². The molecule has 0 aliphatic carbocycles. The minimum atomic E-state index is -3.70. The number of benzene rings is 3. The number of carbonyl (C=O) groups excluding carboxylic acids is 2. The van der Waals surface area contributed by atoms with Gasteiger partial charge in [0.05, 0.1) is 17.0 Å². The summed E-state index contributed by atoms with van der Waals surface area (Å²) >= 11 is 12.4. The van der Waals surface area contributed by atoms with Crippen molar-refractivity contribution < 1.29 is 18.0 Å². The van der Waals surface area contributed by atoms with Crippen LogP contribution >= 0.6 is 23.2 Å². The van der Waals surface area contributed by atoms with Gasteiger partial charge in [-0.05, 0) is 42.7 Å². The van der Waals surface area contributed by atoms with Gasteiger partial charge in [0.25, 0.3) is 0 Å². The van der Waals surface area contributed by atoms with Crippen LogP contribution in [0.15, 0.2) is 72.8 Å². The number of nitrogens with one attached hydrogen (secondary N) is 1. The van der Waals surface area contributed by atoms with Gasteiger partial charge in [-0.1, -0.05) is 83.4 Å². The summed E-state index contributed by atoms with van der Waals surface area (Å²) in [5.41, 5.74) is 3.12. The van der Waals surface area contributed by atoms with E-state index in [1.807, 2.05) is 61.5 Å². The van der Waals surface area contributed by atoms with Gasteiger partial charge in [-0.25, -0.2) is 8.42 Å². The monoisotopic (exact) mass is 589 g/mol. The summed E-state index contributed by atoms with van der Waals surface area (Å²) in [7, 11) is -2.15. The van der Waals surface area contributed by atoms with Crippen molar-refractivity contribution in [1.82, 2.24) is 10.2 Å². The van der Waals surface area contributed by atoms with Gasteiger partial charge in [0, 0.05) is 38.0 Å². The Morgan fingerprint density at radius 1 is 0.949 bits per heavy atom. The van der Waals surface area contributed by atoms with Crippen LogP contribution in [0.4, 0.5) is 5.69 Å². The highest BCUT2D eigenvalue weighted by Crippen LogP contribution is 2.31. The number of likely N-dealkylation sites (N-methyl/N-ethyl adjacent to an activating group) is 1. The fraction of sp³-hybridized carbons (Fsp3) is 0.310. The van der Waals surface area contributed by atoms with Crippen LogP contribution in [0.25, 0.3) is 0 Å². The Morgan fingerprint density at radius 3 is 2.28 bits per heavy atom. The predicted molar refractivity (Wildman–Crippen MR) is 158 cm³/mol. The number of anilines is 1. The Bertz CT molecular complexity index is 1400. The highest BCUT2D eigenvalue weighted by Gasteiger charge is 2.30. The van der Waals surface area contributed by atoms with Crippen molar-refractivity contribution >= 4 is 50.7 Å². The normalized spacial score (nSPS) is 12.0. The maximum atomic E-state index is 13.7. The summed E-state index contributed by atoms with van der Waals surface area (Å²) in [6.07, 6.45) is 1.66. The summed E-state index contributed by atoms with van der Waals surface area (Å²) in [4.78, 5) is 28.4. The molecule has 0 unspecified atom stereocenters. The van der Waals surface area contributed by atoms with Crippen molar-refractivity contribution in [2.24, 2.45) is 0 Å². The van der Waals surface area contributed by atoms with Gasteiger partial charge in [0.2, 0.25) is 21.8 Å². The molecule has 39 heavy (non-hydrogen) atoms. The lowest BCUT2D eigenvalue weighted by Gasteiger charge is -2.31. The smallest absolute Gasteiger partial charge is 0.242 e. The molecule has 0 fully saturated rings. The van der Waals surface area contributed by atoms with E-state index in [4.69, 9.17) is 23.2 Å². The number of nitrogens with zero attached hydrogens (tertiary/aromatic N) is 2. The van der Waals surface area contributed by atoms with Crippen molar-refractivity contribution in [3.63, 3.8) is 0 Å². The number of rotatable bonds is 12. The van der Waals surface area contributed by atoms with E-state index in [1.54, 1.807) is 18.0 Å². The van der Waals surface area contributed by atoms with E-state index in [1.165, 1.54) is 12.1 Å². The van der Waals surface area contributed by atoms with Gasteiger partial charge >= 0.3 is 0 Å². The molecule has 0 aromatic heterocycles. The molecule has 2 amide bonds. The minimum Gasteiger partial charge on any atom is -0.357 e. The Labute approximate surface area is 240 Å². The Kier molecular flexibility index (Phi) is 10.8. The van der Waals surface area contributed by atoms with Crippen LogP contribution in [0, 0.1) is 6.92 Å². The summed E-state index contributed by atoms with van der Waals surface area (Å²) < 4.78 is 26.3. The van der Waals surface area contributed by atoms with E-state index in [0.717, 1.165) is 27.3 Å². The zero-order valence-electron chi connectivity index (χ0n) is 22.2. The largest absolute Gasteiger partial charge is 0.357 e. The SMILES string of the molecule is CNC(=O)[C@@H](Cc1ccccc1)N(Cc1cccc(C)c1)C(=O)CCCN(c1cc(Cl)ccc1Cl)S(C)(=O)=O. The number of carbonyl (C=O) groups is 2. The van der Waals surface area contributed by atoms with Crippen LogP contribution < -0.4 is 9.62 Å². The molecular weight excluding hydrogens is 557 g/mol. The number of hydrogen-bond donors (Lipinski definition) is 1. The van der Waals surface area contributed by atoms with Gasteiger partial charge in [-0.3, -0.25) is 13.9 Å². The summed E-state index contributed by atoms with van der Waals surface area (Å²) in [6.45, 7) is 2.23. The molecule has 0 heterocycles. The van der Waals surface area contributed by atoms with Crippen molar-refractivity contribution in [1.29, 1.82) is 0 Å². The fourth-order valence-electron chi connectivity index (χ4n) is 4.39. The molecular formula is C29H33Cl2N3O4S. The standard InChI is InChI=1S/C29H33Cl2N3O4S/c1-21-9-7-12-23(17-21)20-33(27(29(36)32-2)18-22-10-5-4-6-11-22)28(35)13-8-16-34(39(3,37)38)26-19-24(30)14-15-25(26)31/h4-7,9-12,14-15,17,19,27H,8,13,16,18,20H2,1-3H3,(H,32,36)/t27-/m1/s1. The first-order chi connectivity index (χ1) is 18.5. The first kappa shape index (κ1) is 30.5. The summed E-state index contributed by atoms with van der Waals surface area (Å²) in [5, 5.41) is 3.28. The number of hydrogen-bond acceptors (Lipinski definition) is 4. The second-order valence-electron chi connectivity index (χ2n) is 9.36. The maximum absolute atomic E-state index is 13.7. The lowest BCUT2D eigenvalue weighted by atomic mass is 10.0. The average Bonchev–Trinajstić information content (AvgIpc) is 2.89. The van der Waals surface area contributed by atoms with Gasteiger partial charge in [0.15, 0.2) is 0 Å². The Hall–Kier alpha value is -3.07. The predicted octanol–water partition coefficient (Wildman–Crippen LogP) is 5.23. The molecule has 10 heteroatoms. The average molecular weight is 591 g/mol. The summed E-state index contributed by atoms with van der Waals surface area (Å²) in [6, 6.07) is 21.1. The quantitative estimate of drug-likeness (QED) is 0.313. The highest BCUT2D eigenvalue weighted by atomic mass is 35.5. The van der Waals surface area contributed by atoms with Crippen LogP contribution in [0.2, 0.25) is 10.0 Å². The van der Waals surface area contributed by atoms with Gasteiger partial charge < -0.3 is 10.2 Å². The highest BCUT2D eigenvalue weighted by molar-refractivity contribution is 7.92. The molecule has 1 atom stereocenters. The third kappa shape index (κ3) is 8.71. The molecule has 0 saturated carbocycles. The first-order valence-electron chi connectivity index (χ1n) is 12.5. The molecule has 0 bridgehead atoms. The molecule has 0 spiro atoms. The molecule has 3 rings (SSSR count). The molecule has 0 aliphatic heterocycles. The zero-order chi connectivity index (χ0) is 28.6. The molecule has 208 valence electrons. The van der Waals surface area contributed by atoms with Crippen LogP contribution in [-0.2, 0) is 32.6 Å². The third-order valence-corrected chi connectivity index (χ3v) is 8.02. The van der Waals surface area contributed by atoms with E-state index in [2.05, 4.69) is 5.32 Å². The minimum absolute atomic E-state index is 0.0201. The van der Waals surface area contributed by atoms with Gasteiger partial charge in [-0.15, -0.1) is 0 Å². The first-order valence-corrected chi connectivity index (χ1v) is 15.1. The summed E-state index contributed by atoms with van der Waals surface area (Å²) in [5.74, 6) is -0.532. The molecule has 0 saturated heterocycles. The molecule has 1 N–H and O–H groups in total. The third-order valence-electron chi connectivity index (χ3n) is 6.28. The van der Waals surface area contributed by atoms with Gasteiger partial charge in [-0.2, -0.15) is 0 Å². The molecule has 3 aromatic carbocycles. The molecule has 0 radical (unpaired) electrons. The van der Waals surface area contributed by atoms with Crippen molar-refractivity contribution in [2.45, 2.75) is 38.8 Å². The zero-order valence-corrected chi connectivity index (χ0v) is 24.6. The number of halogens is 2. The van der Waals surface area contributed by atoms with E-state index >= 15 is 0 Å². The topological polar surface area (TPSA) is 86.8 Å². The van der Waals surface area contributed by atoms with E-state index < -0.39 is 16.1 Å². The second-order valence-corrected chi connectivity index (χ2v) is 12.1. The van der Waals surface area contributed by atoms with Crippen LogP contribution in [-0.4, -0.2) is 51.0 Å². The lowest BCUT2D eigenvalue weighted by molar-refractivity contribution is -0.141. The van der Waals surface area contributed by atoms with Crippen molar-refractivity contribution in [3.05, 3.63) is 99.5 Å². The van der Waals surface area contributed by atoms with Crippen molar-refractivity contribution in [2.75, 3.05) is 24.2 Å². The van der Waals surface area contributed by atoms with Gasteiger partial charge in [0.1, 0.15) is 6.04 Å². The van der Waals surface area contributed by atoms with E-state index in [0.29, 0.717) is 11.4 Å². The van der Waals surface area contributed by atoms with E-state index in [9.17, 15) is 18.0 Å². The molecule has 3 aromatic rings. The van der Waals surface area contributed by atoms with Crippen LogP contribution in [0.3, 0.4) is 0 Å². The Balaban J connectivity index is 1.86. The number of sulfonamides is 1.